The summed E-state index contributed by atoms with van der Waals surface area (Å²) in [6.45, 7) is 0. The fraction of sp³-hybridized carbons (Fsp3) is 0.545. The van der Waals surface area contributed by atoms with E-state index in [0.29, 0.717) is 4.88 Å². The van der Waals surface area contributed by atoms with Crippen LogP contribution in [0.5, 0.6) is 0 Å². The third kappa shape index (κ3) is 3.01. The predicted molar refractivity (Wildman–Crippen MR) is 58.4 cm³/mol. The summed E-state index contributed by atoms with van der Waals surface area (Å²) in [5.41, 5.74) is 0. The van der Waals surface area contributed by atoms with E-state index in [9.17, 15) is 13.6 Å². The Morgan fingerprint density at radius 1 is 1.65 bits per heavy atom. The Labute approximate surface area is 101 Å². The van der Waals surface area contributed by atoms with Crippen molar-refractivity contribution in [3.05, 3.63) is 22.4 Å². The Balaban J connectivity index is 2.03. The zero-order valence-corrected chi connectivity index (χ0v) is 9.75. The molecule has 1 fully saturated rings. The lowest BCUT2D eigenvalue weighted by Gasteiger charge is -2.17. The fourth-order valence-corrected chi connectivity index (χ4v) is 2.66. The van der Waals surface area contributed by atoms with Gasteiger partial charge in [-0.3, -0.25) is 0 Å². The summed E-state index contributed by atoms with van der Waals surface area (Å²) in [6.07, 6.45) is -2.21. The molecule has 1 aromatic heterocycles. The van der Waals surface area contributed by atoms with E-state index in [2.05, 4.69) is 0 Å². The van der Waals surface area contributed by atoms with Gasteiger partial charge in [0, 0.05) is 17.7 Å². The Kier molecular flexibility index (Phi) is 3.44. The highest BCUT2D eigenvalue weighted by molar-refractivity contribution is 7.10. The first-order valence-electron chi connectivity index (χ1n) is 5.27. The van der Waals surface area contributed by atoms with Crippen LogP contribution in [0, 0.1) is 0 Å². The maximum absolute atomic E-state index is 13.0. The van der Waals surface area contributed by atoms with E-state index in [1.54, 1.807) is 17.5 Å². The molecule has 0 aliphatic heterocycles. The number of halogens is 2. The minimum atomic E-state index is -2.72. The lowest BCUT2D eigenvalue weighted by Crippen LogP contribution is -2.21. The van der Waals surface area contributed by atoms with Crippen LogP contribution in [0.3, 0.4) is 0 Å². The SMILES string of the molecule is O=C(O)[C@@H](O[C@@H]1CCC(F)(F)C1)c1cccs1. The quantitative estimate of drug-likeness (QED) is 0.907. The van der Waals surface area contributed by atoms with E-state index in [4.69, 9.17) is 9.84 Å². The van der Waals surface area contributed by atoms with Crippen molar-refractivity contribution in [2.75, 3.05) is 0 Å². The monoisotopic (exact) mass is 262 g/mol. The molecule has 0 spiro atoms. The van der Waals surface area contributed by atoms with Crippen LogP contribution in [0.1, 0.15) is 30.2 Å². The molecular formula is C11H12F2O3S. The number of hydrogen-bond donors (Lipinski definition) is 1. The van der Waals surface area contributed by atoms with E-state index < -0.39 is 24.1 Å². The van der Waals surface area contributed by atoms with Crippen LogP contribution in [-0.4, -0.2) is 23.1 Å². The summed E-state index contributed by atoms with van der Waals surface area (Å²) in [4.78, 5) is 11.6. The first kappa shape index (κ1) is 12.4. The molecule has 0 saturated heterocycles. The third-order valence-electron chi connectivity index (χ3n) is 2.71. The van der Waals surface area contributed by atoms with E-state index in [1.807, 2.05) is 0 Å². The van der Waals surface area contributed by atoms with Crippen molar-refractivity contribution in [1.82, 2.24) is 0 Å². The van der Waals surface area contributed by atoms with E-state index in [-0.39, 0.29) is 19.3 Å². The molecule has 0 aromatic carbocycles. The van der Waals surface area contributed by atoms with Gasteiger partial charge in [-0.2, -0.15) is 0 Å². The topological polar surface area (TPSA) is 46.5 Å². The van der Waals surface area contributed by atoms with Gasteiger partial charge in [0.1, 0.15) is 0 Å². The van der Waals surface area contributed by atoms with Gasteiger partial charge in [0.2, 0.25) is 0 Å². The van der Waals surface area contributed by atoms with Gasteiger partial charge < -0.3 is 9.84 Å². The van der Waals surface area contributed by atoms with Crippen LogP contribution < -0.4 is 0 Å². The highest BCUT2D eigenvalue weighted by atomic mass is 32.1. The number of ether oxygens (including phenoxy) is 1. The lowest BCUT2D eigenvalue weighted by molar-refractivity contribution is -0.155. The lowest BCUT2D eigenvalue weighted by atomic mass is 10.2. The van der Waals surface area contributed by atoms with Crippen LogP contribution >= 0.6 is 11.3 Å². The van der Waals surface area contributed by atoms with Gasteiger partial charge in [-0.25, -0.2) is 13.6 Å². The van der Waals surface area contributed by atoms with Gasteiger partial charge in [0.15, 0.2) is 6.10 Å². The summed E-state index contributed by atoms with van der Waals surface area (Å²) < 4.78 is 31.2. The molecule has 2 atom stereocenters. The van der Waals surface area contributed by atoms with Crippen LogP contribution in [-0.2, 0) is 9.53 Å². The Hall–Kier alpha value is -1.01. The smallest absolute Gasteiger partial charge is 0.338 e. The first-order valence-corrected chi connectivity index (χ1v) is 6.15. The second-order valence-electron chi connectivity index (χ2n) is 4.09. The number of carboxylic acid groups (broad SMARTS) is 1. The molecule has 6 heteroatoms. The minimum Gasteiger partial charge on any atom is -0.479 e. The second kappa shape index (κ2) is 4.70. The number of aliphatic carboxylic acids is 1. The van der Waals surface area contributed by atoms with Gasteiger partial charge >= 0.3 is 5.97 Å². The molecule has 1 saturated carbocycles. The number of hydrogen-bond acceptors (Lipinski definition) is 3. The van der Waals surface area contributed by atoms with E-state index in [0.717, 1.165) is 0 Å². The van der Waals surface area contributed by atoms with Crippen LogP contribution in [0.15, 0.2) is 17.5 Å². The molecule has 0 radical (unpaired) electrons. The zero-order chi connectivity index (χ0) is 12.5. The summed E-state index contributed by atoms with van der Waals surface area (Å²) in [6, 6.07) is 3.35. The molecule has 1 aliphatic rings. The largest absolute Gasteiger partial charge is 0.479 e. The molecule has 0 amide bonds. The Morgan fingerprint density at radius 2 is 2.41 bits per heavy atom. The molecule has 2 rings (SSSR count). The van der Waals surface area contributed by atoms with Gasteiger partial charge in [0.05, 0.1) is 6.10 Å². The number of thiophene rings is 1. The molecule has 3 nitrogen and oxygen atoms in total. The zero-order valence-electron chi connectivity index (χ0n) is 8.94. The van der Waals surface area contributed by atoms with Gasteiger partial charge in [-0.1, -0.05) is 6.07 Å². The number of carbonyl (C=O) groups is 1. The van der Waals surface area contributed by atoms with Crippen molar-refractivity contribution >= 4 is 17.3 Å². The molecule has 0 bridgehead atoms. The normalized spacial score (nSPS) is 24.7. The number of alkyl halides is 2. The summed E-state index contributed by atoms with van der Waals surface area (Å²) in [5.74, 6) is -3.86. The highest BCUT2D eigenvalue weighted by Gasteiger charge is 2.41. The summed E-state index contributed by atoms with van der Waals surface area (Å²) >= 11 is 1.25. The summed E-state index contributed by atoms with van der Waals surface area (Å²) in [7, 11) is 0. The molecule has 94 valence electrons. The summed E-state index contributed by atoms with van der Waals surface area (Å²) in [5, 5.41) is 10.8. The predicted octanol–water partition coefficient (Wildman–Crippen LogP) is 3.08. The molecular weight excluding hydrogens is 250 g/mol. The van der Waals surface area contributed by atoms with Gasteiger partial charge in [-0.05, 0) is 17.9 Å². The first-order chi connectivity index (χ1) is 7.98. The van der Waals surface area contributed by atoms with Gasteiger partial charge in [-0.15, -0.1) is 11.3 Å². The van der Waals surface area contributed by atoms with Crippen molar-refractivity contribution in [2.24, 2.45) is 0 Å². The average molecular weight is 262 g/mol. The van der Waals surface area contributed by atoms with Crippen molar-refractivity contribution in [1.29, 1.82) is 0 Å². The van der Waals surface area contributed by atoms with Gasteiger partial charge in [0.25, 0.3) is 5.92 Å². The highest BCUT2D eigenvalue weighted by Crippen LogP contribution is 2.38. The van der Waals surface area contributed by atoms with Crippen molar-refractivity contribution in [3.63, 3.8) is 0 Å². The van der Waals surface area contributed by atoms with Crippen LogP contribution in [0.2, 0.25) is 0 Å². The molecule has 1 N–H and O–H groups in total. The molecule has 17 heavy (non-hydrogen) atoms. The number of carboxylic acids is 1. The second-order valence-corrected chi connectivity index (χ2v) is 5.07. The average Bonchev–Trinajstić information content (AvgIpc) is 2.83. The molecule has 1 aliphatic carbocycles. The fourth-order valence-electron chi connectivity index (χ4n) is 1.91. The Bertz CT molecular complexity index is 391. The van der Waals surface area contributed by atoms with Crippen LogP contribution in [0.25, 0.3) is 0 Å². The standard InChI is InChI=1S/C11H12F2O3S/c12-11(13)4-3-7(6-11)16-9(10(14)15)8-2-1-5-17-8/h1-2,5,7,9H,3-4,6H2,(H,14,15)/t7-,9+/m1/s1. The minimum absolute atomic E-state index is 0.210. The third-order valence-corrected chi connectivity index (χ3v) is 3.63. The molecule has 1 aromatic rings. The van der Waals surface area contributed by atoms with Crippen molar-refractivity contribution < 1.29 is 23.4 Å². The molecule has 1 heterocycles. The van der Waals surface area contributed by atoms with Crippen LogP contribution in [0.4, 0.5) is 8.78 Å². The Morgan fingerprint density at radius 3 is 2.88 bits per heavy atom. The number of rotatable bonds is 4. The van der Waals surface area contributed by atoms with E-state index in [1.165, 1.54) is 11.3 Å². The van der Waals surface area contributed by atoms with E-state index >= 15 is 0 Å². The maximum atomic E-state index is 13.0. The molecule has 0 unspecified atom stereocenters. The van der Waals surface area contributed by atoms with Crippen molar-refractivity contribution in [3.8, 4) is 0 Å². The van der Waals surface area contributed by atoms with Crippen molar-refractivity contribution in [2.45, 2.75) is 37.4 Å². The maximum Gasteiger partial charge on any atom is 0.338 e.